The largest absolute Gasteiger partial charge is 0.505 e. The molecule has 2 heterocycles. The van der Waals surface area contributed by atoms with Crippen LogP contribution in [0.25, 0.3) is 27.8 Å². The van der Waals surface area contributed by atoms with Crippen LogP contribution >= 0.6 is 0 Å². The van der Waals surface area contributed by atoms with Gasteiger partial charge >= 0.3 is 0 Å². The van der Waals surface area contributed by atoms with Gasteiger partial charge in [-0.15, -0.1) is 20.1 Å². The van der Waals surface area contributed by atoms with Gasteiger partial charge < -0.3 is 5.11 Å². The third-order valence-electron chi connectivity index (χ3n) is 7.10. The van der Waals surface area contributed by atoms with Crippen LogP contribution in [0.5, 0.6) is 5.75 Å². The van der Waals surface area contributed by atoms with Crippen LogP contribution in [0.3, 0.4) is 0 Å². The number of hydrogen-bond donors (Lipinski definition) is 2. The first kappa shape index (κ1) is 24.4. The molecule has 35 heavy (non-hydrogen) atoms. The lowest BCUT2D eigenvalue weighted by Crippen LogP contribution is -2.21. The number of hydrogen-bond acceptors (Lipinski definition) is 5. The Hall–Kier alpha value is -3.74. The van der Waals surface area contributed by atoms with Crippen molar-refractivity contribution in [2.24, 2.45) is 0 Å². The van der Waals surface area contributed by atoms with Gasteiger partial charge in [-0.3, -0.25) is 5.10 Å². The first-order valence-corrected chi connectivity index (χ1v) is 12.1. The SMILES string of the molecule is CCC(C)(C)c1cc(-n2nc3ccccc3n2)c(O)c(C(C)(C)CC)c1.c1ccc2[nH]nnc2c1. The second kappa shape index (κ2) is 9.49. The highest BCUT2D eigenvalue weighted by Gasteiger charge is 2.29. The number of nitrogens with zero attached hydrogens (tertiary/aromatic N) is 5. The molecule has 0 radical (unpaired) electrons. The molecule has 0 saturated carbocycles. The summed E-state index contributed by atoms with van der Waals surface area (Å²) in [6.45, 7) is 13.1. The highest BCUT2D eigenvalue weighted by molar-refractivity contribution is 5.74. The lowest BCUT2D eigenvalue weighted by Gasteiger charge is -2.30. The molecular weight excluding hydrogens is 436 g/mol. The molecule has 3 aromatic carbocycles. The Morgan fingerprint density at radius 1 is 0.800 bits per heavy atom. The van der Waals surface area contributed by atoms with Crippen LogP contribution in [0, 0.1) is 0 Å². The second-order valence-corrected chi connectivity index (χ2v) is 10.2. The molecule has 0 aliphatic rings. The summed E-state index contributed by atoms with van der Waals surface area (Å²) in [7, 11) is 0. The van der Waals surface area contributed by atoms with E-state index in [2.05, 4.69) is 73.2 Å². The smallest absolute Gasteiger partial charge is 0.146 e. The van der Waals surface area contributed by atoms with Crippen LogP contribution in [0.15, 0.2) is 60.7 Å². The molecule has 2 N–H and O–H groups in total. The van der Waals surface area contributed by atoms with Crippen molar-refractivity contribution in [1.29, 1.82) is 0 Å². The molecule has 7 heteroatoms. The topological polar surface area (TPSA) is 92.5 Å². The maximum atomic E-state index is 11.1. The number of phenols is 1. The van der Waals surface area contributed by atoms with Crippen molar-refractivity contribution in [3.63, 3.8) is 0 Å². The molecule has 0 fully saturated rings. The normalized spacial score (nSPS) is 12.1. The molecule has 2 aromatic heterocycles. The summed E-state index contributed by atoms with van der Waals surface area (Å²) in [6.07, 6.45) is 1.95. The van der Waals surface area contributed by atoms with E-state index in [1.165, 1.54) is 5.56 Å². The van der Waals surface area contributed by atoms with Gasteiger partial charge in [-0.25, -0.2) is 0 Å². The fraction of sp³-hybridized carbons (Fsp3) is 0.357. The number of rotatable bonds is 5. The Balaban J connectivity index is 0.000000266. The van der Waals surface area contributed by atoms with Gasteiger partial charge in [-0.1, -0.05) is 77.1 Å². The zero-order valence-corrected chi connectivity index (χ0v) is 21.4. The molecule has 0 amide bonds. The van der Waals surface area contributed by atoms with Crippen molar-refractivity contribution >= 4 is 22.1 Å². The van der Waals surface area contributed by atoms with Crippen LogP contribution in [0.4, 0.5) is 0 Å². The van der Waals surface area contributed by atoms with Crippen molar-refractivity contribution in [1.82, 2.24) is 30.4 Å². The zero-order chi connectivity index (χ0) is 25.2. The Kier molecular flexibility index (Phi) is 6.61. The van der Waals surface area contributed by atoms with Gasteiger partial charge in [0.25, 0.3) is 0 Å². The van der Waals surface area contributed by atoms with Crippen LogP contribution in [-0.2, 0) is 10.8 Å². The molecule has 0 spiro atoms. The quantitative estimate of drug-likeness (QED) is 0.307. The van der Waals surface area contributed by atoms with Gasteiger partial charge in [0.05, 0.1) is 5.52 Å². The molecule has 182 valence electrons. The van der Waals surface area contributed by atoms with Crippen molar-refractivity contribution < 1.29 is 5.11 Å². The molecule has 0 aliphatic carbocycles. The summed E-state index contributed by atoms with van der Waals surface area (Å²) in [6, 6.07) is 19.7. The zero-order valence-electron chi connectivity index (χ0n) is 21.4. The van der Waals surface area contributed by atoms with E-state index in [0.717, 1.165) is 40.5 Å². The van der Waals surface area contributed by atoms with E-state index < -0.39 is 0 Å². The summed E-state index contributed by atoms with van der Waals surface area (Å²) < 4.78 is 0. The number of para-hydroxylation sites is 1. The Bertz CT molecular complexity index is 1380. The fourth-order valence-electron chi connectivity index (χ4n) is 3.83. The molecule has 7 nitrogen and oxygen atoms in total. The average Bonchev–Trinajstić information content (AvgIpc) is 3.51. The van der Waals surface area contributed by atoms with E-state index in [1.54, 1.807) is 4.80 Å². The minimum absolute atomic E-state index is 0.00754. The minimum atomic E-state index is -0.134. The molecule has 0 bridgehead atoms. The predicted molar refractivity (Wildman–Crippen MR) is 141 cm³/mol. The molecule has 0 atom stereocenters. The van der Waals surface area contributed by atoms with E-state index in [-0.39, 0.29) is 16.6 Å². The lowest BCUT2D eigenvalue weighted by molar-refractivity contribution is 0.420. The minimum Gasteiger partial charge on any atom is -0.505 e. The van der Waals surface area contributed by atoms with Crippen molar-refractivity contribution in [3.05, 3.63) is 71.8 Å². The van der Waals surface area contributed by atoms with Crippen molar-refractivity contribution in [2.75, 3.05) is 0 Å². The Labute approximate surface area is 206 Å². The van der Waals surface area contributed by atoms with Crippen molar-refractivity contribution in [2.45, 2.75) is 65.2 Å². The Morgan fingerprint density at radius 3 is 1.94 bits per heavy atom. The molecule has 0 saturated heterocycles. The molecule has 5 aromatic rings. The van der Waals surface area contributed by atoms with E-state index in [0.29, 0.717) is 5.69 Å². The first-order chi connectivity index (χ1) is 16.7. The summed E-state index contributed by atoms with van der Waals surface area (Å²) in [5.41, 5.74) is 6.22. The van der Waals surface area contributed by atoms with Crippen LogP contribution in [-0.4, -0.2) is 35.5 Å². The Morgan fingerprint density at radius 2 is 1.37 bits per heavy atom. The molecule has 0 aliphatic heterocycles. The summed E-state index contributed by atoms with van der Waals surface area (Å²) in [5.74, 6) is 0.271. The van der Waals surface area contributed by atoms with Crippen molar-refractivity contribution in [3.8, 4) is 11.4 Å². The monoisotopic (exact) mass is 470 g/mol. The molecule has 5 rings (SSSR count). The fourth-order valence-corrected chi connectivity index (χ4v) is 3.83. The van der Waals surface area contributed by atoms with E-state index in [1.807, 2.05) is 54.6 Å². The number of H-pyrrole nitrogens is 1. The summed E-state index contributed by atoms with van der Waals surface area (Å²) in [4.78, 5) is 1.57. The number of phenolic OH excluding ortho intramolecular Hbond substituents is 1. The predicted octanol–water partition coefficient (Wildman–Crippen LogP) is 6.46. The van der Waals surface area contributed by atoms with Gasteiger partial charge in [0.1, 0.15) is 28.0 Å². The van der Waals surface area contributed by atoms with Gasteiger partial charge in [0.15, 0.2) is 0 Å². The van der Waals surface area contributed by atoms with Gasteiger partial charge in [0, 0.05) is 5.56 Å². The first-order valence-electron chi connectivity index (χ1n) is 12.1. The maximum absolute atomic E-state index is 11.1. The van der Waals surface area contributed by atoms with E-state index in [9.17, 15) is 5.11 Å². The number of fused-ring (bicyclic) bond motifs is 2. The lowest BCUT2D eigenvalue weighted by atomic mass is 9.76. The summed E-state index contributed by atoms with van der Waals surface area (Å²) >= 11 is 0. The number of aromatic nitrogens is 6. The third-order valence-corrected chi connectivity index (χ3v) is 7.10. The van der Waals surface area contributed by atoms with E-state index >= 15 is 0 Å². The van der Waals surface area contributed by atoms with Gasteiger partial charge in [-0.05, 0) is 59.6 Å². The second-order valence-electron chi connectivity index (χ2n) is 10.2. The van der Waals surface area contributed by atoms with Gasteiger partial charge in [-0.2, -0.15) is 0 Å². The van der Waals surface area contributed by atoms with E-state index in [4.69, 9.17) is 0 Å². The average molecular weight is 471 g/mol. The number of benzene rings is 3. The third kappa shape index (κ3) is 4.90. The number of nitrogens with one attached hydrogen (secondary N) is 1. The standard InChI is InChI=1S/C22H29N3O.C6H5N3/c1-7-21(3,4)15-13-16(22(5,6)8-2)20(26)19(14-15)25-23-17-11-9-10-12-18(17)24-25;1-2-4-6-5(3-1)7-9-8-6/h9-14,26H,7-8H2,1-6H3;1-4H,(H,7,8,9). The number of aromatic hydroxyl groups is 1. The van der Waals surface area contributed by atoms with Crippen LogP contribution in [0.2, 0.25) is 0 Å². The highest BCUT2D eigenvalue weighted by Crippen LogP contribution is 2.41. The van der Waals surface area contributed by atoms with Crippen LogP contribution < -0.4 is 0 Å². The maximum Gasteiger partial charge on any atom is 0.146 e. The molecular formula is C28H34N6O. The molecule has 0 unspecified atom stereocenters. The highest BCUT2D eigenvalue weighted by atomic mass is 16.3. The number of aromatic amines is 1. The van der Waals surface area contributed by atoms with Crippen LogP contribution in [0.1, 0.15) is 65.5 Å². The summed E-state index contributed by atoms with van der Waals surface area (Å²) in [5, 5.41) is 30.5. The van der Waals surface area contributed by atoms with Gasteiger partial charge in [0.2, 0.25) is 0 Å².